The number of allylic oxidation sites excluding steroid dienone is 1. The van der Waals surface area contributed by atoms with Crippen LogP contribution >= 0.6 is 0 Å². The van der Waals surface area contributed by atoms with Crippen LogP contribution in [0.5, 0.6) is 0 Å². The molecule has 72 valence electrons. The molecule has 0 aromatic carbocycles. The summed E-state index contributed by atoms with van der Waals surface area (Å²) >= 11 is 0. The summed E-state index contributed by atoms with van der Waals surface area (Å²) in [4.78, 5) is 0. The second-order valence-electron chi connectivity index (χ2n) is 3.12. The van der Waals surface area contributed by atoms with E-state index in [0.717, 1.165) is 13.0 Å². The summed E-state index contributed by atoms with van der Waals surface area (Å²) in [6.45, 7) is 3.14. The normalized spacial score (nSPS) is 12.1. The summed E-state index contributed by atoms with van der Waals surface area (Å²) < 4.78 is 1.89. The van der Waals surface area contributed by atoms with Gasteiger partial charge in [-0.3, -0.25) is 4.68 Å². The fourth-order valence-corrected chi connectivity index (χ4v) is 1.30. The second-order valence-corrected chi connectivity index (χ2v) is 3.12. The molecular weight excluding hydrogens is 162 g/mol. The molecule has 0 atom stereocenters. The highest BCUT2D eigenvalue weighted by molar-refractivity contribution is 5.60. The molecule has 1 aromatic rings. The molecule has 0 aliphatic heterocycles. The molecule has 0 unspecified atom stereocenters. The molecule has 0 fully saturated rings. The van der Waals surface area contributed by atoms with Crippen LogP contribution in [0.2, 0.25) is 0 Å². The van der Waals surface area contributed by atoms with Crippen molar-refractivity contribution < 1.29 is 0 Å². The van der Waals surface area contributed by atoms with Crippen molar-refractivity contribution in [1.82, 2.24) is 15.1 Å². The lowest BCUT2D eigenvalue weighted by molar-refractivity contribution is 0.754. The van der Waals surface area contributed by atoms with Gasteiger partial charge in [0.05, 0.1) is 5.69 Å². The van der Waals surface area contributed by atoms with Crippen LogP contribution in [-0.4, -0.2) is 23.4 Å². The molecule has 0 bridgehead atoms. The smallest absolute Gasteiger partial charge is 0.0632 e. The Labute approximate surface area is 79.5 Å². The molecule has 1 N–H and O–H groups in total. The Balaban J connectivity index is 2.62. The molecule has 0 saturated heterocycles. The molecular formula is C10H17N3. The zero-order chi connectivity index (χ0) is 9.68. The Kier molecular flexibility index (Phi) is 3.71. The molecule has 0 aliphatic carbocycles. The number of hydrogen-bond acceptors (Lipinski definition) is 2. The van der Waals surface area contributed by atoms with E-state index in [4.69, 9.17) is 0 Å². The highest BCUT2D eigenvalue weighted by atomic mass is 15.3. The predicted molar refractivity (Wildman–Crippen MR) is 55.4 cm³/mol. The van der Waals surface area contributed by atoms with Crippen molar-refractivity contribution in [2.75, 3.05) is 13.6 Å². The first-order valence-electron chi connectivity index (χ1n) is 4.55. The summed E-state index contributed by atoms with van der Waals surface area (Å²) in [6.07, 6.45) is 5.12. The van der Waals surface area contributed by atoms with Crippen LogP contribution < -0.4 is 5.32 Å². The van der Waals surface area contributed by atoms with E-state index >= 15 is 0 Å². The maximum Gasteiger partial charge on any atom is 0.0632 e. The Morgan fingerprint density at radius 1 is 1.69 bits per heavy atom. The van der Waals surface area contributed by atoms with Crippen molar-refractivity contribution in [3.8, 4) is 0 Å². The van der Waals surface area contributed by atoms with Crippen LogP contribution in [0.25, 0.3) is 5.57 Å². The van der Waals surface area contributed by atoms with E-state index in [1.54, 1.807) is 0 Å². The van der Waals surface area contributed by atoms with E-state index in [-0.39, 0.29) is 0 Å². The van der Waals surface area contributed by atoms with Gasteiger partial charge in [0.1, 0.15) is 0 Å². The molecule has 0 radical (unpaired) electrons. The average molecular weight is 179 g/mol. The second kappa shape index (κ2) is 4.82. The van der Waals surface area contributed by atoms with E-state index in [1.807, 2.05) is 31.0 Å². The average Bonchev–Trinajstić information content (AvgIpc) is 2.52. The summed E-state index contributed by atoms with van der Waals surface area (Å²) in [6, 6.07) is 2.03. The Morgan fingerprint density at radius 3 is 3.00 bits per heavy atom. The third-order valence-electron chi connectivity index (χ3n) is 2.07. The van der Waals surface area contributed by atoms with Crippen molar-refractivity contribution in [3.05, 3.63) is 24.0 Å². The third kappa shape index (κ3) is 2.70. The van der Waals surface area contributed by atoms with Crippen LogP contribution in [-0.2, 0) is 7.05 Å². The zero-order valence-electron chi connectivity index (χ0n) is 8.54. The van der Waals surface area contributed by atoms with Crippen LogP contribution in [0, 0.1) is 0 Å². The van der Waals surface area contributed by atoms with Crippen LogP contribution in [0.4, 0.5) is 0 Å². The van der Waals surface area contributed by atoms with Gasteiger partial charge in [-0.05, 0) is 38.6 Å². The lowest BCUT2D eigenvalue weighted by atomic mass is 10.2. The molecule has 0 spiro atoms. The lowest BCUT2D eigenvalue weighted by Crippen LogP contribution is -2.06. The molecule has 3 heteroatoms. The van der Waals surface area contributed by atoms with Gasteiger partial charge >= 0.3 is 0 Å². The quantitative estimate of drug-likeness (QED) is 0.709. The molecule has 3 nitrogen and oxygen atoms in total. The van der Waals surface area contributed by atoms with E-state index < -0.39 is 0 Å². The summed E-state index contributed by atoms with van der Waals surface area (Å²) in [5, 5.41) is 7.24. The molecule has 13 heavy (non-hydrogen) atoms. The standard InChI is InChI=1S/C10H17N3/c1-9(5-4-7-11-2)10-6-8-12-13(10)3/h5-6,8,11H,4,7H2,1-3H3. The largest absolute Gasteiger partial charge is 0.319 e. The van der Waals surface area contributed by atoms with Crippen molar-refractivity contribution >= 4 is 5.57 Å². The van der Waals surface area contributed by atoms with Crippen LogP contribution in [0.15, 0.2) is 18.3 Å². The lowest BCUT2D eigenvalue weighted by Gasteiger charge is -2.01. The molecule has 1 aromatic heterocycles. The van der Waals surface area contributed by atoms with Crippen molar-refractivity contribution in [1.29, 1.82) is 0 Å². The third-order valence-corrected chi connectivity index (χ3v) is 2.07. The predicted octanol–water partition coefficient (Wildman–Crippen LogP) is 1.43. The first kappa shape index (κ1) is 9.99. The zero-order valence-corrected chi connectivity index (χ0v) is 8.54. The van der Waals surface area contributed by atoms with E-state index in [9.17, 15) is 0 Å². The SMILES string of the molecule is CNCCC=C(C)c1ccnn1C. The van der Waals surface area contributed by atoms with Gasteiger partial charge in [-0.2, -0.15) is 5.10 Å². The fraction of sp³-hybridized carbons (Fsp3) is 0.500. The van der Waals surface area contributed by atoms with Crippen molar-refractivity contribution in [3.63, 3.8) is 0 Å². The van der Waals surface area contributed by atoms with Gasteiger partial charge in [-0.25, -0.2) is 0 Å². The first-order valence-corrected chi connectivity index (χ1v) is 4.55. The minimum atomic E-state index is 1.02. The van der Waals surface area contributed by atoms with Gasteiger partial charge in [0.2, 0.25) is 0 Å². The van der Waals surface area contributed by atoms with Crippen LogP contribution in [0.1, 0.15) is 19.0 Å². The van der Waals surface area contributed by atoms with Crippen LogP contribution in [0.3, 0.4) is 0 Å². The number of rotatable bonds is 4. The van der Waals surface area contributed by atoms with E-state index in [2.05, 4.69) is 23.4 Å². The minimum absolute atomic E-state index is 1.02. The summed E-state index contributed by atoms with van der Waals surface area (Å²) in [5.41, 5.74) is 2.48. The molecule has 1 rings (SSSR count). The van der Waals surface area contributed by atoms with Gasteiger partial charge in [-0.15, -0.1) is 0 Å². The van der Waals surface area contributed by atoms with Gasteiger partial charge in [0.25, 0.3) is 0 Å². The molecule has 0 amide bonds. The number of hydrogen-bond donors (Lipinski definition) is 1. The monoisotopic (exact) mass is 179 g/mol. The number of aryl methyl sites for hydroxylation is 1. The highest BCUT2D eigenvalue weighted by Crippen LogP contribution is 2.11. The van der Waals surface area contributed by atoms with Crippen molar-refractivity contribution in [2.45, 2.75) is 13.3 Å². The fourth-order valence-electron chi connectivity index (χ4n) is 1.30. The minimum Gasteiger partial charge on any atom is -0.319 e. The van der Waals surface area contributed by atoms with Crippen molar-refractivity contribution in [2.24, 2.45) is 7.05 Å². The van der Waals surface area contributed by atoms with Gasteiger partial charge in [0, 0.05) is 13.2 Å². The summed E-state index contributed by atoms with van der Waals surface area (Å²) in [5.74, 6) is 0. The molecule has 0 saturated carbocycles. The first-order chi connectivity index (χ1) is 6.25. The highest BCUT2D eigenvalue weighted by Gasteiger charge is 1.98. The summed E-state index contributed by atoms with van der Waals surface area (Å²) in [7, 11) is 3.93. The topological polar surface area (TPSA) is 29.9 Å². The molecule has 0 aliphatic rings. The van der Waals surface area contributed by atoms with Gasteiger partial charge < -0.3 is 5.32 Å². The number of nitrogens with zero attached hydrogens (tertiary/aromatic N) is 2. The molecule has 1 heterocycles. The van der Waals surface area contributed by atoms with E-state index in [1.165, 1.54) is 11.3 Å². The Morgan fingerprint density at radius 2 is 2.46 bits per heavy atom. The Bertz CT molecular complexity index is 286. The maximum atomic E-state index is 4.13. The maximum absolute atomic E-state index is 4.13. The Hall–Kier alpha value is -1.09. The number of aromatic nitrogens is 2. The van der Waals surface area contributed by atoms with E-state index in [0.29, 0.717) is 0 Å². The van der Waals surface area contributed by atoms with Gasteiger partial charge in [-0.1, -0.05) is 6.08 Å². The van der Waals surface area contributed by atoms with Gasteiger partial charge in [0.15, 0.2) is 0 Å². The number of nitrogens with one attached hydrogen (secondary N) is 1.